The molecule has 0 unspecified atom stereocenters. The molecule has 0 atom stereocenters. The number of anilines is 2. The molecule has 1 heterocycles. The third-order valence-electron chi connectivity index (χ3n) is 1.85. The van der Waals surface area contributed by atoms with E-state index < -0.39 is 13.0 Å². The molecule has 18 heavy (non-hydrogen) atoms. The number of halogens is 4. The molecule has 5 nitrogen and oxygen atoms in total. The molecule has 1 aromatic rings. The van der Waals surface area contributed by atoms with Crippen LogP contribution < -0.4 is 16.6 Å². The Bertz CT molecular complexity index is 395. The largest absolute Gasteiger partial charge is 0.374 e. The predicted octanol–water partition coefficient (Wildman–Crippen LogP) is 2.37. The minimum Gasteiger partial charge on any atom is -0.374 e. The lowest BCUT2D eigenvalue weighted by atomic mass is 10.4. The van der Waals surface area contributed by atoms with Crippen LogP contribution in [0.15, 0.2) is 6.07 Å². The van der Waals surface area contributed by atoms with Crippen LogP contribution in [0.25, 0.3) is 0 Å². The maximum atomic E-state index is 11.8. The first-order chi connectivity index (χ1) is 8.54. The monoisotopic (exact) mass is 300 g/mol. The zero-order chi connectivity index (χ0) is 13.5. The molecule has 0 saturated heterocycles. The van der Waals surface area contributed by atoms with Gasteiger partial charge in [0, 0.05) is 6.54 Å². The highest BCUT2D eigenvalue weighted by atomic mass is 35.5. The summed E-state index contributed by atoms with van der Waals surface area (Å²) >= 11 is 11.7. The van der Waals surface area contributed by atoms with E-state index in [0.717, 1.165) is 0 Å². The molecule has 0 aliphatic heterocycles. The van der Waals surface area contributed by atoms with E-state index in [1.165, 1.54) is 6.07 Å². The van der Waals surface area contributed by atoms with E-state index in [4.69, 9.17) is 29.0 Å². The van der Waals surface area contributed by atoms with Gasteiger partial charge >= 0.3 is 0 Å². The highest BCUT2D eigenvalue weighted by Crippen LogP contribution is 2.28. The first kappa shape index (κ1) is 15.2. The van der Waals surface area contributed by atoms with Crippen LogP contribution in [0.2, 0.25) is 10.0 Å². The van der Waals surface area contributed by atoms with Gasteiger partial charge in [0.25, 0.3) is 6.43 Å². The number of pyridine rings is 1. The van der Waals surface area contributed by atoms with Crippen LogP contribution in [0.3, 0.4) is 0 Å². The number of nitrogens with two attached hydrogens (primary N) is 1. The molecule has 0 aliphatic rings. The second-order valence-corrected chi connectivity index (χ2v) is 4.00. The van der Waals surface area contributed by atoms with Gasteiger partial charge in [-0.1, -0.05) is 23.2 Å². The highest BCUT2D eigenvalue weighted by molar-refractivity contribution is 6.37. The van der Waals surface area contributed by atoms with Gasteiger partial charge in [0.1, 0.15) is 12.4 Å². The third kappa shape index (κ3) is 4.77. The number of nitrogens with zero attached hydrogens (tertiary/aromatic N) is 1. The summed E-state index contributed by atoms with van der Waals surface area (Å²) < 4.78 is 28.2. The summed E-state index contributed by atoms with van der Waals surface area (Å²) in [4.78, 5) is 4.01. The zero-order valence-electron chi connectivity index (χ0n) is 9.22. The molecular formula is C9H12Cl2F2N4O. The van der Waals surface area contributed by atoms with Crippen molar-refractivity contribution in [1.29, 1.82) is 0 Å². The SMILES string of the molecule is NNc1nc(NCCOCC(F)F)c(Cl)cc1Cl. The van der Waals surface area contributed by atoms with Crippen molar-refractivity contribution in [3.8, 4) is 0 Å². The number of nitrogens with one attached hydrogen (secondary N) is 2. The van der Waals surface area contributed by atoms with Gasteiger partial charge in [-0.15, -0.1) is 0 Å². The molecule has 0 amide bonds. The molecular weight excluding hydrogens is 289 g/mol. The van der Waals surface area contributed by atoms with Gasteiger partial charge in [-0.25, -0.2) is 19.6 Å². The number of nitrogen functional groups attached to an aromatic ring is 1. The molecule has 102 valence electrons. The summed E-state index contributed by atoms with van der Waals surface area (Å²) in [6, 6.07) is 1.47. The number of rotatable bonds is 7. The number of hydrazine groups is 1. The second-order valence-electron chi connectivity index (χ2n) is 3.19. The topological polar surface area (TPSA) is 72.2 Å². The van der Waals surface area contributed by atoms with Gasteiger partial charge in [0.05, 0.1) is 16.7 Å². The smallest absolute Gasteiger partial charge is 0.261 e. The average molecular weight is 301 g/mol. The normalized spacial score (nSPS) is 10.8. The molecule has 0 aliphatic carbocycles. The molecule has 0 fully saturated rings. The van der Waals surface area contributed by atoms with Crippen molar-refractivity contribution < 1.29 is 13.5 Å². The molecule has 0 spiro atoms. The number of hydrogen-bond acceptors (Lipinski definition) is 5. The molecule has 0 saturated carbocycles. The van der Waals surface area contributed by atoms with Crippen LogP contribution in [-0.4, -0.2) is 31.2 Å². The maximum Gasteiger partial charge on any atom is 0.261 e. The molecule has 9 heteroatoms. The first-order valence-corrected chi connectivity index (χ1v) is 5.72. The number of hydrogen-bond donors (Lipinski definition) is 3. The van der Waals surface area contributed by atoms with Crippen molar-refractivity contribution in [2.24, 2.45) is 5.84 Å². The Balaban J connectivity index is 2.47. The van der Waals surface area contributed by atoms with Crippen molar-refractivity contribution >= 4 is 34.8 Å². The molecule has 0 radical (unpaired) electrons. The Morgan fingerprint density at radius 3 is 2.61 bits per heavy atom. The Labute approximate surface area is 113 Å². The Hall–Kier alpha value is -0.890. The van der Waals surface area contributed by atoms with E-state index in [1.54, 1.807) is 0 Å². The molecule has 4 N–H and O–H groups in total. The van der Waals surface area contributed by atoms with E-state index in [1.807, 2.05) is 0 Å². The van der Waals surface area contributed by atoms with Crippen LogP contribution in [0, 0.1) is 0 Å². The molecule has 1 aromatic heterocycles. The van der Waals surface area contributed by atoms with E-state index in [-0.39, 0.29) is 24.0 Å². The van der Waals surface area contributed by atoms with Crippen LogP contribution in [0.5, 0.6) is 0 Å². The lowest BCUT2D eigenvalue weighted by molar-refractivity contribution is 0.0215. The second kappa shape index (κ2) is 7.52. The summed E-state index contributed by atoms with van der Waals surface area (Å²) in [5.41, 5.74) is 2.31. The summed E-state index contributed by atoms with van der Waals surface area (Å²) in [7, 11) is 0. The van der Waals surface area contributed by atoms with Gasteiger partial charge in [0.15, 0.2) is 5.82 Å². The summed E-state index contributed by atoms with van der Waals surface area (Å²) in [6.45, 7) is -0.208. The average Bonchev–Trinajstić information content (AvgIpc) is 2.30. The number of alkyl halides is 2. The van der Waals surface area contributed by atoms with Gasteiger partial charge in [-0.3, -0.25) is 0 Å². The van der Waals surface area contributed by atoms with Gasteiger partial charge in [-0.2, -0.15) is 0 Å². The van der Waals surface area contributed by atoms with Crippen molar-refractivity contribution in [2.45, 2.75) is 6.43 Å². The van der Waals surface area contributed by atoms with Crippen LogP contribution in [0.4, 0.5) is 20.4 Å². The fourth-order valence-electron chi connectivity index (χ4n) is 1.11. The van der Waals surface area contributed by atoms with Crippen LogP contribution in [-0.2, 0) is 4.74 Å². The minimum atomic E-state index is -2.48. The third-order valence-corrected chi connectivity index (χ3v) is 2.43. The van der Waals surface area contributed by atoms with Crippen LogP contribution in [0.1, 0.15) is 0 Å². The maximum absolute atomic E-state index is 11.8. The lowest BCUT2D eigenvalue weighted by Gasteiger charge is -2.10. The zero-order valence-corrected chi connectivity index (χ0v) is 10.7. The van der Waals surface area contributed by atoms with Crippen molar-refractivity contribution in [3.63, 3.8) is 0 Å². The van der Waals surface area contributed by atoms with Crippen molar-refractivity contribution in [2.75, 3.05) is 30.5 Å². The fourth-order valence-corrected chi connectivity index (χ4v) is 1.59. The number of ether oxygens (including phenoxy) is 1. The predicted molar refractivity (Wildman–Crippen MR) is 67.4 cm³/mol. The first-order valence-electron chi connectivity index (χ1n) is 4.97. The van der Waals surface area contributed by atoms with Crippen molar-refractivity contribution in [1.82, 2.24) is 4.98 Å². The Kier molecular flexibility index (Phi) is 6.34. The van der Waals surface area contributed by atoms with Gasteiger partial charge in [0.2, 0.25) is 0 Å². The Morgan fingerprint density at radius 1 is 1.33 bits per heavy atom. The molecule has 0 bridgehead atoms. The van der Waals surface area contributed by atoms with E-state index >= 15 is 0 Å². The number of aromatic nitrogens is 1. The highest BCUT2D eigenvalue weighted by Gasteiger charge is 2.08. The van der Waals surface area contributed by atoms with E-state index in [0.29, 0.717) is 10.8 Å². The summed E-state index contributed by atoms with van der Waals surface area (Å²) in [5.74, 6) is 5.81. The van der Waals surface area contributed by atoms with E-state index in [9.17, 15) is 8.78 Å². The summed E-state index contributed by atoms with van der Waals surface area (Å²) in [6.07, 6.45) is -2.48. The quantitative estimate of drug-likeness (QED) is 0.410. The summed E-state index contributed by atoms with van der Waals surface area (Å²) in [5, 5.41) is 3.40. The fraction of sp³-hybridized carbons (Fsp3) is 0.444. The molecule has 0 aromatic carbocycles. The Morgan fingerprint density at radius 2 is 2.00 bits per heavy atom. The minimum absolute atomic E-state index is 0.108. The standard InChI is InChI=1S/C9H12Cl2F2N4O/c10-5-3-6(11)9(17-14)16-8(5)15-1-2-18-4-7(12)13/h3,7H,1-2,4,14H2,(H2,15,16,17). The van der Waals surface area contributed by atoms with Crippen LogP contribution >= 0.6 is 23.2 Å². The van der Waals surface area contributed by atoms with E-state index in [2.05, 4.69) is 20.5 Å². The molecule has 1 rings (SSSR count). The van der Waals surface area contributed by atoms with Crippen molar-refractivity contribution in [3.05, 3.63) is 16.1 Å². The van der Waals surface area contributed by atoms with Gasteiger partial charge < -0.3 is 15.5 Å². The lowest BCUT2D eigenvalue weighted by Crippen LogP contribution is -2.15. The van der Waals surface area contributed by atoms with Gasteiger partial charge in [-0.05, 0) is 6.07 Å².